The Balaban J connectivity index is 2.72. The van der Waals surface area contributed by atoms with Crippen LogP contribution < -0.4 is 10.5 Å². The first-order chi connectivity index (χ1) is 9.99. The van der Waals surface area contributed by atoms with Crippen molar-refractivity contribution in [1.29, 1.82) is 0 Å². The second-order valence-electron chi connectivity index (χ2n) is 3.99. The lowest BCUT2D eigenvalue weighted by atomic mass is 10.2. The second-order valence-corrected chi connectivity index (χ2v) is 5.75. The molecule has 1 aromatic rings. The Morgan fingerprint density at radius 1 is 1.43 bits per heavy atom. The summed E-state index contributed by atoms with van der Waals surface area (Å²) in [6, 6.07) is 6.20. The number of sulfonamides is 1. The van der Waals surface area contributed by atoms with Crippen LogP contribution in [0, 0.1) is 11.8 Å². The molecule has 7 heteroatoms. The Labute approximate surface area is 124 Å². The first kappa shape index (κ1) is 17.2. The van der Waals surface area contributed by atoms with E-state index in [1.807, 2.05) is 0 Å². The van der Waals surface area contributed by atoms with E-state index >= 15 is 0 Å². The van der Waals surface area contributed by atoms with Crippen LogP contribution >= 0.6 is 0 Å². The fraction of sp³-hybridized carbons (Fsp3) is 0.357. The van der Waals surface area contributed by atoms with Gasteiger partial charge in [-0.1, -0.05) is 17.9 Å². The highest BCUT2D eigenvalue weighted by Gasteiger charge is 2.14. The van der Waals surface area contributed by atoms with Gasteiger partial charge in [-0.2, -0.15) is 0 Å². The number of hydrogen-bond acceptors (Lipinski definition) is 5. The van der Waals surface area contributed by atoms with E-state index in [9.17, 15) is 13.2 Å². The molecule has 3 N–H and O–H groups in total. The lowest BCUT2D eigenvalue weighted by Crippen LogP contribution is -2.26. The van der Waals surface area contributed by atoms with Crippen molar-refractivity contribution >= 4 is 16.0 Å². The molecule has 0 amide bonds. The van der Waals surface area contributed by atoms with E-state index in [0.717, 1.165) is 0 Å². The van der Waals surface area contributed by atoms with Crippen molar-refractivity contribution in [3.8, 4) is 11.8 Å². The fourth-order valence-corrected chi connectivity index (χ4v) is 2.58. The Bertz CT molecular complexity index is 644. The van der Waals surface area contributed by atoms with Crippen LogP contribution in [0.5, 0.6) is 0 Å². The molecule has 114 valence electrons. The summed E-state index contributed by atoms with van der Waals surface area (Å²) in [6.45, 7) is 2.15. The van der Waals surface area contributed by atoms with Crippen LogP contribution in [-0.2, 0) is 19.6 Å². The first-order valence-corrected chi connectivity index (χ1v) is 7.92. The molecular formula is C14H18N2O4S. The van der Waals surface area contributed by atoms with Crippen LogP contribution in [0.3, 0.4) is 0 Å². The molecule has 0 saturated heterocycles. The van der Waals surface area contributed by atoms with E-state index in [1.54, 1.807) is 19.1 Å². The zero-order chi connectivity index (χ0) is 15.7. The molecule has 0 atom stereocenters. The molecular weight excluding hydrogens is 292 g/mol. The van der Waals surface area contributed by atoms with Gasteiger partial charge in [0, 0.05) is 12.1 Å². The Morgan fingerprint density at radius 3 is 2.86 bits per heavy atom. The van der Waals surface area contributed by atoms with Crippen LogP contribution in [0.4, 0.5) is 0 Å². The summed E-state index contributed by atoms with van der Waals surface area (Å²) in [5.74, 6) is 4.98. The molecule has 0 aliphatic rings. The van der Waals surface area contributed by atoms with E-state index in [2.05, 4.69) is 16.6 Å². The molecule has 6 nitrogen and oxygen atoms in total. The number of nitrogens with one attached hydrogen (secondary N) is 1. The molecule has 0 bridgehead atoms. The zero-order valence-corrected chi connectivity index (χ0v) is 12.6. The van der Waals surface area contributed by atoms with Gasteiger partial charge in [-0.15, -0.1) is 0 Å². The summed E-state index contributed by atoms with van der Waals surface area (Å²) < 4.78 is 31.2. The van der Waals surface area contributed by atoms with Gasteiger partial charge < -0.3 is 10.5 Å². The number of carbonyl (C=O) groups excluding carboxylic acids is 1. The van der Waals surface area contributed by atoms with Crippen LogP contribution in [0.2, 0.25) is 0 Å². The largest absolute Gasteiger partial charge is 0.466 e. The van der Waals surface area contributed by atoms with Crippen molar-refractivity contribution in [2.75, 3.05) is 19.7 Å². The first-order valence-electron chi connectivity index (χ1n) is 6.44. The lowest BCUT2D eigenvalue weighted by molar-refractivity contribution is -0.142. The molecule has 0 aliphatic heterocycles. The van der Waals surface area contributed by atoms with Crippen LogP contribution in [0.25, 0.3) is 0 Å². The molecule has 0 fully saturated rings. The normalized spacial score (nSPS) is 10.6. The minimum Gasteiger partial charge on any atom is -0.466 e. The van der Waals surface area contributed by atoms with Gasteiger partial charge in [0.15, 0.2) is 0 Å². The second kappa shape index (κ2) is 8.42. The standard InChI is InChI=1S/C14H18N2O4S/c1-2-20-14(17)8-10-16-21(18,19)13-7-3-5-12(11-13)6-4-9-15/h3,5,7,11,16H,2,8-10,15H2,1H3. The molecule has 1 aromatic carbocycles. The molecule has 0 spiro atoms. The molecule has 0 aliphatic carbocycles. The maximum atomic E-state index is 12.1. The quantitative estimate of drug-likeness (QED) is 0.579. The third kappa shape index (κ3) is 5.95. The van der Waals surface area contributed by atoms with Crippen molar-refractivity contribution in [3.05, 3.63) is 29.8 Å². The molecule has 0 saturated carbocycles. The van der Waals surface area contributed by atoms with Crippen molar-refractivity contribution in [2.45, 2.75) is 18.2 Å². The average Bonchev–Trinajstić information content (AvgIpc) is 2.45. The van der Waals surface area contributed by atoms with E-state index in [-0.39, 0.29) is 31.0 Å². The van der Waals surface area contributed by atoms with Crippen molar-refractivity contribution in [3.63, 3.8) is 0 Å². The number of benzene rings is 1. The zero-order valence-electron chi connectivity index (χ0n) is 11.8. The van der Waals surface area contributed by atoms with E-state index in [4.69, 9.17) is 10.5 Å². The predicted octanol–water partition coefficient (Wildman–Crippen LogP) is 0.228. The van der Waals surface area contributed by atoms with E-state index in [0.29, 0.717) is 5.56 Å². The highest BCUT2D eigenvalue weighted by molar-refractivity contribution is 7.89. The average molecular weight is 310 g/mol. The number of ether oxygens (including phenoxy) is 1. The maximum absolute atomic E-state index is 12.1. The molecule has 0 radical (unpaired) electrons. The van der Waals surface area contributed by atoms with E-state index < -0.39 is 16.0 Å². The van der Waals surface area contributed by atoms with Gasteiger partial charge in [0.05, 0.1) is 24.5 Å². The van der Waals surface area contributed by atoms with Crippen molar-refractivity contribution in [2.24, 2.45) is 5.73 Å². The van der Waals surface area contributed by atoms with Gasteiger partial charge in [0.2, 0.25) is 10.0 Å². The smallest absolute Gasteiger partial charge is 0.307 e. The number of hydrogen-bond donors (Lipinski definition) is 2. The summed E-state index contributed by atoms with van der Waals surface area (Å²) in [7, 11) is -3.68. The predicted molar refractivity (Wildman–Crippen MR) is 78.8 cm³/mol. The summed E-state index contributed by atoms with van der Waals surface area (Å²) in [6.07, 6.45) is -0.0141. The Hall–Kier alpha value is -1.88. The topological polar surface area (TPSA) is 98.5 Å². The monoisotopic (exact) mass is 310 g/mol. The van der Waals surface area contributed by atoms with Crippen LogP contribution in [0.15, 0.2) is 29.2 Å². The van der Waals surface area contributed by atoms with E-state index in [1.165, 1.54) is 12.1 Å². The van der Waals surface area contributed by atoms with Crippen molar-refractivity contribution < 1.29 is 17.9 Å². The number of carbonyl (C=O) groups is 1. The summed E-state index contributed by atoms with van der Waals surface area (Å²) in [4.78, 5) is 11.2. The molecule has 21 heavy (non-hydrogen) atoms. The molecule has 0 unspecified atom stereocenters. The number of rotatable bonds is 6. The minimum atomic E-state index is -3.68. The SMILES string of the molecule is CCOC(=O)CCNS(=O)(=O)c1cccc(C#CCN)c1. The Kier molecular flexibility index (Phi) is 6.88. The molecule has 1 rings (SSSR count). The van der Waals surface area contributed by atoms with Gasteiger partial charge in [-0.25, -0.2) is 13.1 Å². The molecule has 0 aromatic heterocycles. The Morgan fingerprint density at radius 2 is 2.19 bits per heavy atom. The number of nitrogens with two attached hydrogens (primary N) is 1. The minimum absolute atomic E-state index is 0.0140. The molecule has 0 heterocycles. The van der Waals surface area contributed by atoms with Crippen LogP contribution in [-0.4, -0.2) is 34.1 Å². The van der Waals surface area contributed by atoms with Gasteiger partial charge in [0.1, 0.15) is 0 Å². The highest BCUT2D eigenvalue weighted by Crippen LogP contribution is 2.10. The maximum Gasteiger partial charge on any atom is 0.307 e. The summed E-state index contributed by atoms with van der Waals surface area (Å²) in [5.41, 5.74) is 5.83. The third-order valence-corrected chi connectivity index (χ3v) is 3.86. The highest BCUT2D eigenvalue weighted by atomic mass is 32.2. The van der Waals surface area contributed by atoms with Crippen LogP contribution in [0.1, 0.15) is 18.9 Å². The van der Waals surface area contributed by atoms with Gasteiger partial charge in [-0.05, 0) is 25.1 Å². The van der Waals surface area contributed by atoms with Gasteiger partial charge >= 0.3 is 5.97 Å². The van der Waals surface area contributed by atoms with Crippen molar-refractivity contribution in [1.82, 2.24) is 4.72 Å². The number of esters is 1. The fourth-order valence-electron chi connectivity index (χ4n) is 1.50. The van der Waals surface area contributed by atoms with Gasteiger partial charge in [0.25, 0.3) is 0 Å². The summed E-state index contributed by atoms with van der Waals surface area (Å²) >= 11 is 0. The van der Waals surface area contributed by atoms with Gasteiger partial charge in [-0.3, -0.25) is 4.79 Å². The third-order valence-electron chi connectivity index (χ3n) is 2.41. The summed E-state index contributed by atoms with van der Waals surface area (Å²) in [5, 5.41) is 0. The lowest BCUT2D eigenvalue weighted by Gasteiger charge is -2.07.